The van der Waals surface area contributed by atoms with Crippen molar-refractivity contribution in [3.05, 3.63) is 198 Å². The van der Waals surface area contributed by atoms with Gasteiger partial charge in [-0.05, 0) is 129 Å². The number of aromatic nitrogens is 2. The van der Waals surface area contributed by atoms with Crippen molar-refractivity contribution >= 4 is 60.7 Å². The van der Waals surface area contributed by atoms with Crippen LogP contribution in [0.3, 0.4) is 0 Å². The highest BCUT2D eigenvalue weighted by Gasteiger charge is 2.36. The molecule has 304 valence electrons. The van der Waals surface area contributed by atoms with Gasteiger partial charge in [-0.25, -0.2) is 0 Å². The van der Waals surface area contributed by atoms with Gasteiger partial charge >= 0.3 is 0 Å². The summed E-state index contributed by atoms with van der Waals surface area (Å²) in [6.07, 6.45) is 0. The van der Waals surface area contributed by atoms with Crippen molar-refractivity contribution in [1.82, 2.24) is 9.13 Å². The largest absolute Gasteiger partial charge is 0.310 e. The summed E-state index contributed by atoms with van der Waals surface area (Å²) < 4.78 is 4.89. The van der Waals surface area contributed by atoms with Gasteiger partial charge in [-0.1, -0.05) is 146 Å². The lowest BCUT2D eigenvalue weighted by Crippen LogP contribution is -2.16. The normalized spacial score (nSPS) is 13.6. The van der Waals surface area contributed by atoms with Gasteiger partial charge in [-0.15, -0.1) is 0 Å². The molecule has 1 aliphatic rings. The molecule has 10 aromatic rings. The Balaban J connectivity index is 1.15. The minimum absolute atomic E-state index is 0.0398. The van der Waals surface area contributed by atoms with E-state index in [0.717, 1.165) is 17.1 Å². The quantitative estimate of drug-likeness (QED) is 0.169. The number of rotatable bonds is 5. The lowest BCUT2D eigenvalue weighted by Gasteiger charge is -2.28. The Hall–Kier alpha value is -6.84. The zero-order valence-corrected chi connectivity index (χ0v) is 37.1. The van der Waals surface area contributed by atoms with Gasteiger partial charge in [0.15, 0.2) is 0 Å². The van der Waals surface area contributed by atoms with Crippen molar-refractivity contribution < 1.29 is 0 Å². The molecule has 0 N–H and O–H groups in total. The van der Waals surface area contributed by atoms with Gasteiger partial charge in [0, 0.05) is 55.4 Å². The van der Waals surface area contributed by atoms with Crippen LogP contribution in [-0.4, -0.2) is 9.13 Å². The van der Waals surface area contributed by atoms with Gasteiger partial charge in [0.1, 0.15) is 0 Å². The van der Waals surface area contributed by atoms with E-state index in [-0.39, 0.29) is 16.2 Å². The average Bonchev–Trinajstić information content (AvgIpc) is 3.86. The number of para-hydroxylation sites is 2. The van der Waals surface area contributed by atoms with E-state index in [0.29, 0.717) is 0 Å². The van der Waals surface area contributed by atoms with E-state index >= 15 is 0 Å². The number of benzene rings is 8. The van der Waals surface area contributed by atoms with Crippen molar-refractivity contribution in [2.75, 3.05) is 4.90 Å². The maximum Gasteiger partial charge on any atom is 0.0542 e. The van der Waals surface area contributed by atoms with Crippen LogP contribution in [0.1, 0.15) is 77.6 Å². The molecule has 0 saturated carbocycles. The topological polar surface area (TPSA) is 13.1 Å². The third-order valence-corrected chi connectivity index (χ3v) is 13.6. The van der Waals surface area contributed by atoms with E-state index in [2.05, 4.69) is 245 Å². The van der Waals surface area contributed by atoms with E-state index in [1.807, 2.05) is 0 Å². The van der Waals surface area contributed by atoms with Gasteiger partial charge in [0.2, 0.25) is 0 Å². The first-order valence-electron chi connectivity index (χ1n) is 22.1. The Morgan fingerprint density at radius 3 is 1.34 bits per heavy atom. The summed E-state index contributed by atoms with van der Waals surface area (Å²) in [5.41, 5.74) is 18.6. The van der Waals surface area contributed by atoms with Crippen LogP contribution in [0.15, 0.2) is 176 Å². The van der Waals surface area contributed by atoms with Crippen LogP contribution in [0.4, 0.5) is 17.1 Å². The van der Waals surface area contributed by atoms with E-state index in [1.54, 1.807) is 0 Å². The molecule has 0 bridgehead atoms. The first-order chi connectivity index (χ1) is 29.8. The van der Waals surface area contributed by atoms with Crippen LogP contribution in [0, 0.1) is 0 Å². The van der Waals surface area contributed by atoms with Gasteiger partial charge < -0.3 is 14.0 Å². The van der Waals surface area contributed by atoms with Crippen molar-refractivity contribution in [2.45, 2.75) is 71.6 Å². The van der Waals surface area contributed by atoms with Gasteiger partial charge in [-0.2, -0.15) is 0 Å². The standard InChI is InChI=1S/C59H53N3/c1-57(2,3)38-17-15-19-40(33-38)61-53-25-13-10-22-47(53)49-35-42(28-31-55(49)61)60(44-27-30-46-45-21-9-12-24-51(45)59(7,8)52(46)37-44)43-29-32-56-50(36-43)48-23-11-14-26-54(48)62(56)41-20-16-18-39(34-41)58(4,5)6/h9-37H,1-8H3. The molecule has 0 spiro atoms. The average molecular weight is 804 g/mol. The fourth-order valence-corrected chi connectivity index (χ4v) is 10.3. The molecule has 3 nitrogen and oxygen atoms in total. The van der Waals surface area contributed by atoms with Gasteiger partial charge in [-0.3, -0.25) is 0 Å². The second-order valence-electron chi connectivity index (χ2n) is 19.9. The molecule has 2 aromatic heterocycles. The molecule has 11 rings (SSSR count). The SMILES string of the molecule is CC(C)(C)c1cccc(-n2c3ccccc3c3cc(N(c4ccc5c(c4)C(C)(C)c4ccccc4-5)c4ccc5c(c4)c4ccccc4n5-c4cccc(C(C)(C)C)c4)ccc32)c1. The second kappa shape index (κ2) is 13.6. The first kappa shape index (κ1) is 38.1. The summed E-state index contributed by atoms with van der Waals surface area (Å²) >= 11 is 0. The van der Waals surface area contributed by atoms with Gasteiger partial charge in [0.25, 0.3) is 0 Å². The zero-order chi connectivity index (χ0) is 42.7. The summed E-state index contributed by atoms with van der Waals surface area (Å²) in [6.45, 7) is 18.5. The van der Waals surface area contributed by atoms with Crippen LogP contribution in [0.2, 0.25) is 0 Å². The third kappa shape index (κ3) is 5.86. The first-order valence-corrected chi connectivity index (χ1v) is 22.1. The molecule has 0 aliphatic heterocycles. The van der Waals surface area contributed by atoms with Crippen LogP contribution in [0.5, 0.6) is 0 Å². The van der Waals surface area contributed by atoms with Crippen molar-refractivity contribution in [1.29, 1.82) is 0 Å². The highest BCUT2D eigenvalue weighted by atomic mass is 15.1. The molecule has 0 unspecified atom stereocenters. The molecule has 8 aromatic carbocycles. The summed E-state index contributed by atoms with van der Waals surface area (Å²) in [5.74, 6) is 0. The van der Waals surface area contributed by atoms with Gasteiger partial charge in [0.05, 0.1) is 22.1 Å². The highest BCUT2D eigenvalue weighted by Crippen LogP contribution is 2.51. The minimum Gasteiger partial charge on any atom is -0.310 e. The molecule has 2 heterocycles. The number of nitrogens with zero attached hydrogens (tertiary/aromatic N) is 3. The molecule has 1 aliphatic carbocycles. The predicted molar refractivity (Wildman–Crippen MR) is 265 cm³/mol. The number of fused-ring (bicyclic) bond motifs is 9. The van der Waals surface area contributed by atoms with E-state index in [1.165, 1.54) is 88.4 Å². The zero-order valence-electron chi connectivity index (χ0n) is 37.1. The molecule has 3 heteroatoms. The summed E-state index contributed by atoms with van der Waals surface area (Å²) in [6, 6.07) is 66.1. The second-order valence-corrected chi connectivity index (χ2v) is 19.9. The molecule has 0 amide bonds. The Labute approximate surface area is 365 Å². The third-order valence-electron chi connectivity index (χ3n) is 13.6. The summed E-state index contributed by atoms with van der Waals surface area (Å²) in [7, 11) is 0. The summed E-state index contributed by atoms with van der Waals surface area (Å²) in [5, 5.41) is 4.95. The van der Waals surface area contributed by atoms with E-state index in [9.17, 15) is 0 Å². The lowest BCUT2D eigenvalue weighted by atomic mass is 9.82. The van der Waals surface area contributed by atoms with E-state index < -0.39 is 0 Å². The molecule has 0 saturated heterocycles. The maximum absolute atomic E-state index is 2.48. The summed E-state index contributed by atoms with van der Waals surface area (Å²) in [4.78, 5) is 2.48. The number of hydrogen-bond acceptors (Lipinski definition) is 1. The monoisotopic (exact) mass is 803 g/mol. The molecular weight excluding hydrogens is 751 g/mol. The molecule has 0 fully saturated rings. The van der Waals surface area contributed by atoms with E-state index in [4.69, 9.17) is 0 Å². The molecule has 0 radical (unpaired) electrons. The van der Waals surface area contributed by atoms with Crippen LogP contribution in [-0.2, 0) is 16.2 Å². The van der Waals surface area contributed by atoms with Crippen LogP contribution >= 0.6 is 0 Å². The molecule has 62 heavy (non-hydrogen) atoms. The molecule has 0 atom stereocenters. The highest BCUT2D eigenvalue weighted by molar-refractivity contribution is 6.12. The Morgan fingerprint density at radius 1 is 0.371 bits per heavy atom. The van der Waals surface area contributed by atoms with Crippen molar-refractivity contribution in [2.24, 2.45) is 0 Å². The Morgan fingerprint density at radius 2 is 0.806 bits per heavy atom. The maximum atomic E-state index is 2.48. The Bertz CT molecular complexity index is 3240. The fourth-order valence-electron chi connectivity index (χ4n) is 10.3. The van der Waals surface area contributed by atoms with Crippen molar-refractivity contribution in [3.63, 3.8) is 0 Å². The number of hydrogen-bond donors (Lipinski definition) is 0. The molecular formula is C59H53N3. The fraction of sp³-hybridized carbons (Fsp3) is 0.186. The Kier molecular flexibility index (Phi) is 8.35. The number of anilines is 3. The van der Waals surface area contributed by atoms with Crippen LogP contribution < -0.4 is 4.90 Å². The van der Waals surface area contributed by atoms with Crippen molar-refractivity contribution in [3.8, 4) is 22.5 Å². The van der Waals surface area contributed by atoms with Crippen LogP contribution in [0.25, 0.3) is 66.1 Å². The minimum atomic E-state index is -0.133. The lowest BCUT2D eigenvalue weighted by molar-refractivity contribution is 0.589. The smallest absolute Gasteiger partial charge is 0.0542 e. The predicted octanol–water partition coefficient (Wildman–Crippen LogP) is 16.3.